The van der Waals surface area contributed by atoms with Gasteiger partial charge in [-0.2, -0.15) is 11.8 Å². The molecule has 0 heterocycles. The number of thioether (sulfide) groups is 1. The Kier molecular flexibility index (Phi) is 8.57. The fourth-order valence-electron chi connectivity index (χ4n) is 0.674. The molecule has 0 aromatic carbocycles. The van der Waals surface area contributed by atoms with Gasteiger partial charge in [0.15, 0.2) is 0 Å². The minimum absolute atomic E-state index is 0.0101. The van der Waals surface area contributed by atoms with Crippen molar-refractivity contribution in [2.24, 2.45) is 5.73 Å². The SMILES string of the molecule is CCCCSCC[C@H](N)CO. The number of rotatable bonds is 7. The van der Waals surface area contributed by atoms with Crippen LogP contribution in [0.4, 0.5) is 0 Å². The van der Waals surface area contributed by atoms with Gasteiger partial charge in [-0.25, -0.2) is 0 Å². The quantitative estimate of drug-likeness (QED) is 0.575. The molecule has 0 saturated carbocycles. The van der Waals surface area contributed by atoms with Gasteiger partial charge < -0.3 is 10.8 Å². The topological polar surface area (TPSA) is 46.2 Å². The van der Waals surface area contributed by atoms with Crippen LogP contribution < -0.4 is 5.73 Å². The molecule has 0 bridgehead atoms. The van der Waals surface area contributed by atoms with Crippen molar-refractivity contribution < 1.29 is 5.11 Å². The van der Waals surface area contributed by atoms with Crippen LogP contribution in [0.15, 0.2) is 0 Å². The fraction of sp³-hybridized carbons (Fsp3) is 1.00. The maximum absolute atomic E-state index is 8.60. The third-order valence-corrected chi connectivity index (χ3v) is 2.61. The Balaban J connectivity index is 2.89. The van der Waals surface area contributed by atoms with Crippen LogP contribution in [0.2, 0.25) is 0 Å². The van der Waals surface area contributed by atoms with Gasteiger partial charge >= 0.3 is 0 Å². The predicted molar refractivity (Wildman–Crippen MR) is 51.9 cm³/mol. The average molecular weight is 177 g/mol. The zero-order valence-corrected chi connectivity index (χ0v) is 8.07. The molecular weight excluding hydrogens is 158 g/mol. The number of aliphatic hydroxyl groups is 1. The van der Waals surface area contributed by atoms with E-state index >= 15 is 0 Å². The standard InChI is InChI=1S/C8H19NOS/c1-2-3-5-11-6-4-8(9)7-10/h8,10H,2-7,9H2,1H3/t8-/m0/s1. The summed E-state index contributed by atoms with van der Waals surface area (Å²) >= 11 is 1.93. The highest BCUT2D eigenvalue weighted by Gasteiger charge is 1.98. The summed E-state index contributed by atoms with van der Waals surface area (Å²) in [7, 11) is 0. The molecule has 0 aliphatic heterocycles. The molecule has 0 aromatic heterocycles. The van der Waals surface area contributed by atoms with Gasteiger partial charge in [-0.1, -0.05) is 13.3 Å². The van der Waals surface area contributed by atoms with E-state index in [1.807, 2.05) is 11.8 Å². The summed E-state index contributed by atoms with van der Waals surface area (Å²) in [5.74, 6) is 2.32. The van der Waals surface area contributed by atoms with E-state index in [9.17, 15) is 0 Å². The second-order valence-corrected chi connectivity index (χ2v) is 3.92. The first-order valence-corrected chi connectivity index (χ1v) is 5.41. The van der Waals surface area contributed by atoms with Crippen LogP contribution in [0.1, 0.15) is 26.2 Å². The van der Waals surface area contributed by atoms with E-state index in [1.54, 1.807) is 0 Å². The van der Waals surface area contributed by atoms with Crippen molar-refractivity contribution >= 4 is 11.8 Å². The van der Waals surface area contributed by atoms with Gasteiger partial charge in [0.05, 0.1) is 6.61 Å². The van der Waals surface area contributed by atoms with Crippen molar-refractivity contribution in [2.45, 2.75) is 32.2 Å². The number of hydrogen-bond acceptors (Lipinski definition) is 3. The van der Waals surface area contributed by atoms with Crippen LogP contribution in [0, 0.1) is 0 Å². The molecule has 68 valence electrons. The van der Waals surface area contributed by atoms with Crippen LogP contribution in [0.5, 0.6) is 0 Å². The second kappa shape index (κ2) is 8.37. The van der Waals surface area contributed by atoms with Crippen molar-refractivity contribution in [3.8, 4) is 0 Å². The Hall–Kier alpha value is 0.270. The van der Waals surface area contributed by atoms with E-state index in [0.29, 0.717) is 0 Å². The number of unbranched alkanes of at least 4 members (excludes halogenated alkanes) is 1. The predicted octanol–water partition coefficient (Wildman–Crippen LogP) is 1.23. The molecule has 1 atom stereocenters. The monoisotopic (exact) mass is 177 g/mol. The summed E-state index contributed by atoms with van der Waals surface area (Å²) in [6, 6.07) is -0.0101. The zero-order valence-electron chi connectivity index (χ0n) is 7.25. The van der Waals surface area contributed by atoms with Crippen molar-refractivity contribution in [2.75, 3.05) is 18.1 Å². The van der Waals surface area contributed by atoms with Crippen LogP contribution in [-0.4, -0.2) is 29.3 Å². The largest absolute Gasteiger partial charge is 0.395 e. The lowest BCUT2D eigenvalue weighted by Crippen LogP contribution is -2.24. The Morgan fingerprint density at radius 2 is 2.18 bits per heavy atom. The smallest absolute Gasteiger partial charge is 0.0582 e. The molecule has 0 saturated heterocycles. The maximum Gasteiger partial charge on any atom is 0.0582 e. The number of nitrogens with two attached hydrogens (primary N) is 1. The minimum Gasteiger partial charge on any atom is -0.395 e. The molecule has 0 fully saturated rings. The summed E-state index contributed by atoms with van der Waals surface area (Å²) in [4.78, 5) is 0. The van der Waals surface area contributed by atoms with Crippen LogP contribution in [0.25, 0.3) is 0 Å². The molecule has 0 spiro atoms. The van der Waals surface area contributed by atoms with Crippen molar-refractivity contribution in [3.05, 3.63) is 0 Å². The van der Waals surface area contributed by atoms with E-state index in [-0.39, 0.29) is 12.6 Å². The summed E-state index contributed by atoms with van der Waals surface area (Å²) in [6.07, 6.45) is 3.49. The van der Waals surface area contributed by atoms with Gasteiger partial charge in [-0.3, -0.25) is 0 Å². The molecule has 3 heteroatoms. The van der Waals surface area contributed by atoms with Gasteiger partial charge in [-0.15, -0.1) is 0 Å². The minimum atomic E-state index is -0.0101. The van der Waals surface area contributed by atoms with E-state index < -0.39 is 0 Å². The van der Waals surface area contributed by atoms with Crippen LogP contribution >= 0.6 is 11.8 Å². The Bertz CT molecular complexity index is 80.5. The Morgan fingerprint density at radius 1 is 1.45 bits per heavy atom. The lowest BCUT2D eigenvalue weighted by atomic mass is 10.3. The maximum atomic E-state index is 8.60. The van der Waals surface area contributed by atoms with Gasteiger partial charge in [0.2, 0.25) is 0 Å². The first-order valence-electron chi connectivity index (χ1n) is 4.25. The number of aliphatic hydroxyl groups excluding tert-OH is 1. The van der Waals surface area contributed by atoms with Crippen LogP contribution in [0.3, 0.4) is 0 Å². The molecule has 2 nitrogen and oxygen atoms in total. The summed E-state index contributed by atoms with van der Waals surface area (Å²) in [5, 5.41) is 8.60. The molecule has 0 aliphatic rings. The molecule has 0 aliphatic carbocycles. The summed E-state index contributed by atoms with van der Waals surface area (Å²) in [5.41, 5.74) is 5.52. The summed E-state index contributed by atoms with van der Waals surface area (Å²) < 4.78 is 0. The fourth-order valence-corrected chi connectivity index (χ4v) is 1.84. The van der Waals surface area contributed by atoms with Crippen molar-refractivity contribution in [1.82, 2.24) is 0 Å². The van der Waals surface area contributed by atoms with Gasteiger partial charge in [0.1, 0.15) is 0 Å². The number of hydrogen-bond donors (Lipinski definition) is 2. The molecule has 0 rings (SSSR count). The summed E-state index contributed by atoms with van der Waals surface area (Å²) in [6.45, 7) is 2.31. The normalized spacial score (nSPS) is 13.4. The van der Waals surface area contributed by atoms with E-state index in [4.69, 9.17) is 10.8 Å². The lowest BCUT2D eigenvalue weighted by molar-refractivity contribution is 0.264. The van der Waals surface area contributed by atoms with Gasteiger partial charge in [-0.05, 0) is 24.3 Å². The molecule has 3 N–H and O–H groups in total. The average Bonchev–Trinajstić information content (AvgIpc) is 2.04. The first kappa shape index (κ1) is 11.3. The lowest BCUT2D eigenvalue weighted by Gasteiger charge is -2.06. The van der Waals surface area contributed by atoms with Gasteiger partial charge in [0.25, 0.3) is 0 Å². The van der Waals surface area contributed by atoms with E-state index in [2.05, 4.69) is 6.92 Å². The third-order valence-electron chi connectivity index (χ3n) is 1.51. The second-order valence-electron chi connectivity index (χ2n) is 2.70. The highest BCUT2D eigenvalue weighted by Crippen LogP contribution is 2.06. The van der Waals surface area contributed by atoms with Crippen molar-refractivity contribution in [1.29, 1.82) is 0 Å². The first-order chi connectivity index (χ1) is 5.31. The molecular formula is C8H19NOS. The highest BCUT2D eigenvalue weighted by molar-refractivity contribution is 7.99. The zero-order chi connectivity index (χ0) is 8.53. The Morgan fingerprint density at radius 3 is 2.73 bits per heavy atom. The molecule has 11 heavy (non-hydrogen) atoms. The van der Waals surface area contributed by atoms with E-state index in [0.717, 1.165) is 12.2 Å². The van der Waals surface area contributed by atoms with E-state index in [1.165, 1.54) is 18.6 Å². The van der Waals surface area contributed by atoms with Crippen molar-refractivity contribution in [3.63, 3.8) is 0 Å². The molecule has 0 radical (unpaired) electrons. The molecule has 0 amide bonds. The van der Waals surface area contributed by atoms with Gasteiger partial charge in [0, 0.05) is 6.04 Å². The Labute approximate surface area is 73.6 Å². The molecule has 0 aromatic rings. The van der Waals surface area contributed by atoms with Crippen LogP contribution in [-0.2, 0) is 0 Å². The molecule has 0 unspecified atom stereocenters. The highest BCUT2D eigenvalue weighted by atomic mass is 32.2. The third kappa shape index (κ3) is 8.17.